The van der Waals surface area contributed by atoms with Crippen molar-refractivity contribution in [3.05, 3.63) is 0 Å². The van der Waals surface area contributed by atoms with Gasteiger partial charge in [0.25, 0.3) is 0 Å². The minimum atomic E-state index is -4.50. The summed E-state index contributed by atoms with van der Waals surface area (Å²) in [6, 6.07) is 0. The van der Waals surface area contributed by atoms with Gasteiger partial charge in [0.1, 0.15) is 5.41 Å². The Morgan fingerprint density at radius 2 is 1.71 bits per heavy atom. The highest BCUT2D eigenvalue weighted by Crippen LogP contribution is 2.50. The van der Waals surface area contributed by atoms with E-state index in [1.807, 2.05) is 0 Å². The zero-order valence-electron chi connectivity index (χ0n) is 11.4. The summed E-state index contributed by atoms with van der Waals surface area (Å²) in [6.45, 7) is 0.154. The Hall–Kier alpha value is -0.570. The minimum absolute atomic E-state index is 0.0429. The molecule has 1 fully saturated rings. The fraction of sp³-hybridized carbons (Fsp3) is 0.833. The molecule has 1 saturated carbocycles. The molecule has 0 bridgehead atoms. The molecule has 4 nitrogen and oxygen atoms in total. The molecular formula is C12H18F3NO3S2. The lowest BCUT2D eigenvalue weighted by Crippen LogP contribution is -2.49. The highest BCUT2D eigenvalue weighted by Gasteiger charge is 2.60. The average molecular weight is 345 g/mol. The molecule has 1 aliphatic rings. The van der Waals surface area contributed by atoms with Crippen LogP contribution in [0.15, 0.2) is 0 Å². The maximum Gasteiger partial charge on any atom is 0.403 e. The second kappa shape index (κ2) is 8.17. The summed E-state index contributed by atoms with van der Waals surface area (Å²) < 4.78 is 39.3. The molecule has 0 radical (unpaired) electrons. The molecule has 2 N–H and O–H groups in total. The van der Waals surface area contributed by atoms with Crippen molar-refractivity contribution in [2.75, 3.05) is 18.1 Å². The third-order valence-electron chi connectivity index (χ3n) is 3.39. The first-order valence-electron chi connectivity index (χ1n) is 6.61. The van der Waals surface area contributed by atoms with Crippen LogP contribution < -0.4 is 5.32 Å². The van der Waals surface area contributed by atoms with Crippen molar-refractivity contribution < 1.29 is 27.9 Å². The quantitative estimate of drug-likeness (QED) is 0.523. The second-order valence-electron chi connectivity index (χ2n) is 4.83. The van der Waals surface area contributed by atoms with Gasteiger partial charge in [0.05, 0.1) is 6.42 Å². The number of hydrogen-bond acceptors (Lipinski definition) is 4. The molecule has 0 aromatic heterocycles. The molecule has 0 aromatic rings. The Morgan fingerprint density at radius 1 is 1.14 bits per heavy atom. The van der Waals surface area contributed by atoms with Crippen molar-refractivity contribution in [2.24, 2.45) is 5.41 Å². The number of amides is 1. The molecule has 1 rings (SSSR count). The van der Waals surface area contributed by atoms with Gasteiger partial charge in [0.15, 0.2) is 0 Å². The second-order valence-corrected chi connectivity index (χ2v) is 7.53. The summed E-state index contributed by atoms with van der Waals surface area (Å²) in [5.41, 5.74) is -2.21. The van der Waals surface area contributed by atoms with E-state index in [-0.39, 0.29) is 25.8 Å². The van der Waals surface area contributed by atoms with E-state index in [2.05, 4.69) is 5.32 Å². The van der Waals surface area contributed by atoms with Crippen molar-refractivity contribution in [1.29, 1.82) is 0 Å². The molecule has 122 valence electrons. The Labute approximate surface area is 129 Å². The SMILES string of the molecule is O=C(O)CCSSCCNC(=O)C1(C(F)(F)F)CCCC1. The summed E-state index contributed by atoms with van der Waals surface area (Å²) in [5, 5.41) is 10.8. The van der Waals surface area contributed by atoms with Crippen LogP contribution in [0.2, 0.25) is 0 Å². The number of rotatable bonds is 8. The summed E-state index contributed by atoms with van der Waals surface area (Å²) in [7, 11) is 2.68. The van der Waals surface area contributed by atoms with Crippen LogP contribution in [0.5, 0.6) is 0 Å². The monoisotopic (exact) mass is 345 g/mol. The summed E-state index contributed by atoms with van der Waals surface area (Å²) in [5.74, 6) is -0.932. The molecule has 0 unspecified atom stereocenters. The third-order valence-corrected chi connectivity index (χ3v) is 5.80. The number of aliphatic carboxylic acids is 1. The predicted octanol–water partition coefficient (Wildman–Crippen LogP) is 3.08. The van der Waals surface area contributed by atoms with E-state index in [4.69, 9.17) is 5.11 Å². The van der Waals surface area contributed by atoms with Gasteiger partial charge in [-0.25, -0.2) is 0 Å². The summed E-state index contributed by atoms with van der Waals surface area (Å²) in [6.07, 6.45) is -3.89. The standard InChI is InChI=1S/C12H18F3NO3S2/c13-12(14,15)11(4-1-2-5-11)10(19)16-6-8-21-20-7-3-9(17)18/h1-8H2,(H,16,19)(H,17,18). The van der Waals surface area contributed by atoms with Crippen LogP contribution >= 0.6 is 21.6 Å². The maximum atomic E-state index is 13.1. The molecule has 0 spiro atoms. The van der Waals surface area contributed by atoms with E-state index in [9.17, 15) is 22.8 Å². The Bertz CT molecular complexity index is 371. The normalized spacial score (nSPS) is 17.7. The van der Waals surface area contributed by atoms with Crippen molar-refractivity contribution >= 4 is 33.5 Å². The van der Waals surface area contributed by atoms with Gasteiger partial charge < -0.3 is 10.4 Å². The van der Waals surface area contributed by atoms with Gasteiger partial charge in [-0.15, -0.1) is 0 Å². The van der Waals surface area contributed by atoms with Gasteiger partial charge >= 0.3 is 12.1 Å². The Morgan fingerprint density at radius 3 is 2.24 bits per heavy atom. The molecule has 0 heterocycles. The van der Waals surface area contributed by atoms with Crippen molar-refractivity contribution in [3.8, 4) is 0 Å². The number of carbonyl (C=O) groups is 2. The predicted molar refractivity (Wildman–Crippen MR) is 77.1 cm³/mol. The maximum absolute atomic E-state index is 13.1. The lowest BCUT2D eigenvalue weighted by Gasteiger charge is -2.30. The number of nitrogens with one attached hydrogen (secondary N) is 1. The number of carboxylic acids is 1. The van der Waals surface area contributed by atoms with Gasteiger partial charge in [-0.2, -0.15) is 13.2 Å². The van der Waals surface area contributed by atoms with E-state index >= 15 is 0 Å². The highest BCUT2D eigenvalue weighted by atomic mass is 33.1. The van der Waals surface area contributed by atoms with Gasteiger partial charge in [-0.3, -0.25) is 9.59 Å². The first-order valence-corrected chi connectivity index (χ1v) is 9.10. The van der Waals surface area contributed by atoms with E-state index in [1.165, 1.54) is 21.6 Å². The van der Waals surface area contributed by atoms with E-state index in [1.54, 1.807) is 0 Å². The van der Waals surface area contributed by atoms with E-state index in [0.29, 0.717) is 24.3 Å². The van der Waals surface area contributed by atoms with Crippen LogP contribution in [-0.2, 0) is 9.59 Å². The van der Waals surface area contributed by atoms with Crippen LogP contribution in [0.25, 0.3) is 0 Å². The molecular weight excluding hydrogens is 327 g/mol. The zero-order valence-corrected chi connectivity index (χ0v) is 13.0. The Kier molecular flexibility index (Phi) is 7.19. The first-order chi connectivity index (χ1) is 9.79. The van der Waals surface area contributed by atoms with Gasteiger partial charge in [0, 0.05) is 18.1 Å². The van der Waals surface area contributed by atoms with E-state index in [0.717, 1.165) is 0 Å². The van der Waals surface area contributed by atoms with Crippen LogP contribution in [0.3, 0.4) is 0 Å². The van der Waals surface area contributed by atoms with Crippen molar-refractivity contribution in [2.45, 2.75) is 38.3 Å². The smallest absolute Gasteiger partial charge is 0.403 e. The fourth-order valence-corrected chi connectivity index (χ4v) is 4.13. The van der Waals surface area contributed by atoms with E-state index < -0.39 is 23.5 Å². The molecule has 0 saturated heterocycles. The number of carboxylic acid groups (broad SMARTS) is 1. The number of alkyl halides is 3. The molecule has 1 amide bonds. The number of hydrogen-bond donors (Lipinski definition) is 2. The van der Waals surface area contributed by atoms with Crippen molar-refractivity contribution in [3.63, 3.8) is 0 Å². The first kappa shape index (κ1) is 18.5. The highest BCUT2D eigenvalue weighted by molar-refractivity contribution is 8.76. The lowest BCUT2D eigenvalue weighted by atomic mass is 9.84. The zero-order chi connectivity index (χ0) is 15.9. The minimum Gasteiger partial charge on any atom is -0.481 e. The molecule has 9 heteroatoms. The molecule has 0 aromatic carbocycles. The van der Waals surface area contributed by atoms with Crippen LogP contribution in [0, 0.1) is 5.41 Å². The van der Waals surface area contributed by atoms with Gasteiger partial charge in [-0.1, -0.05) is 34.4 Å². The number of carbonyl (C=O) groups excluding carboxylic acids is 1. The van der Waals surface area contributed by atoms with Crippen LogP contribution in [-0.4, -0.2) is 41.2 Å². The third kappa shape index (κ3) is 5.28. The molecule has 1 aliphatic carbocycles. The topological polar surface area (TPSA) is 66.4 Å². The largest absolute Gasteiger partial charge is 0.481 e. The van der Waals surface area contributed by atoms with Gasteiger partial charge in [-0.05, 0) is 12.8 Å². The van der Waals surface area contributed by atoms with Crippen LogP contribution in [0.4, 0.5) is 13.2 Å². The summed E-state index contributed by atoms with van der Waals surface area (Å²) in [4.78, 5) is 22.1. The number of halogens is 3. The molecule has 0 atom stereocenters. The Balaban J connectivity index is 2.28. The average Bonchev–Trinajstić information content (AvgIpc) is 2.87. The molecule has 0 aliphatic heterocycles. The van der Waals surface area contributed by atoms with Gasteiger partial charge in [0.2, 0.25) is 5.91 Å². The van der Waals surface area contributed by atoms with Crippen LogP contribution in [0.1, 0.15) is 32.1 Å². The fourth-order valence-electron chi connectivity index (χ4n) is 2.24. The lowest BCUT2D eigenvalue weighted by molar-refractivity contribution is -0.220. The van der Waals surface area contributed by atoms with Crippen molar-refractivity contribution in [1.82, 2.24) is 5.32 Å². The summed E-state index contributed by atoms with van der Waals surface area (Å²) >= 11 is 0. The molecule has 21 heavy (non-hydrogen) atoms.